The molecule has 0 saturated carbocycles. The second kappa shape index (κ2) is 7.68. The first-order valence-electron chi connectivity index (χ1n) is 7.12. The van der Waals surface area contributed by atoms with Gasteiger partial charge in [-0.25, -0.2) is 8.42 Å². The number of hydrogen-bond donors (Lipinski definition) is 2. The molecule has 1 aromatic rings. The van der Waals surface area contributed by atoms with E-state index in [1.165, 1.54) is 4.31 Å². The number of nitrogens with one attached hydrogen (secondary N) is 2. The second-order valence-electron chi connectivity index (χ2n) is 4.97. The summed E-state index contributed by atoms with van der Waals surface area (Å²) in [7, 11) is -1.76. The molecule has 0 aromatic heterocycles. The van der Waals surface area contributed by atoms with Crippen LogP contribution in [0, 0.1) is 0 Å². The Morgan fingerprint density at radius 2 is 1.86 bits per heavy atom. The van der Waals surface area contributed by atoms with Crippen LogP contribution in [-0.4, -0.2) is 58.5 Å². The van der Waals surface area contributed by atoms with Gasteiger partial charge in [0.25, 0.3) is 0 Å². The van der Waals surface area contributed by atoms with Gasteiger partial charge in [-0.1, -0.05) is 12.1 Å². The minimum absolute atomic E-state index is 0.104. The molecule has 1 aliphatic heterocycles. The van der Waals surface area contributed by atoms with Crippen molar-refractivity contribution < 1.29 is 17.9 Å². The van der Waals surface area contributed by atoms with Crippen molar-refractivity contribution in [1.82, 2.24) is 14.9 Å². The monoisotopic (exact) mass is 327 g/mol. The van der Waals surface area contributed by atoms with Crippen molar-refractivity contribution in [2.24, 2.45) is 0 Å². The number of carbonyl (C=O) groups excluding carboxylic acids is 1. The molecule has 0 atom stereocenters. The van der Waals surface area contributed by atoms with Gasteiger partial charge in [-0.05, 0) is 24.7 Å². The molecule has 1 heterocycles. The fourth-order valence-electron chi connectivity index (χ4n) is 2.14. The maximum Gasteiger partial charge on any atom is 0.243 e. The molecule has 0 radical (unpaired) electrons. The van der Waals surface area contributed by atoms with Gasteiger partial charge in [-0.15, -0.1) is 0 Å². The van der Waals surface area contributed by atoms with Crippen molar-refractivity contribution in [1.29, 1.82) is 0 Å². The largest absolute Gasteiger partial charge is 0.379 e. The average molecular weight is 327 g/mol. The summed E-state index contributed by atoms with van der Waals surface area (Å²) in [6.07, 6.45) is 0. The van der Waals surface area contributed by atoms with E-state index in [2.05, 4.69) is 10.6 Å². The fraction of sp³-hybridized carbons (Fsp3) is 0.500. The van der Waals surface area contributed by atoms with E-state index >= 15 is 0 Å². The Morgan fingerprint density at radius 3 is 2.45 bits per heavy atom. The van der Waals surface area contributed by atoms with E-state index in [-0.39, 0.29) is 17.3 Å². The molecule has 2 N–H and O–H groups in total. The predicted molar refractivity (Wildman–Crippen MR) is 81.8 cm³/mol. The van der Waals surface area contributed by atoms with Crippen LogP contribution in [0.15, 0.2) is 29.2 Å². The van der Waals surface area contributed by atoms with Gasteiger partial charge in [-0.3, -0.25) is 4.79 Å². The normalized spacial score (nSPS) is 16.4. The van der Waals surface area contributed by atoms with Crippen LogP contribution in [0.1, 0.15) is 5.56 Å². The number of nitrogens with zero attached hydrogens (tertiary/aromatic N) is 1. The zero-order chi connectivity index (χ0) is 16.0. The number of sulfonamides is 1. The Kier molecular flexibility index (Phi) is 5.90. The summed E-state index contributed by atoms with van der Waals surface area (Å²) in [5, 5.41) is 5.51. The average Bonchev–Trinajstić information content (AvgIpc) is 2.54. The Morgan fingerprint density at radius 1 is 1.23 bits per heavy atom. The lowest BCUT2D eigenvalue weighted by molar-refractivity contribution is -0.120. The Hall–Kier alpha value is -1.48. The van der Waals surface area contributed by atoms with Gasteiger partial charge in [0.2, 0.25) is 15.9 Å². The first kappa shape index (κ1) is 16.9. The third-order valence-electron chi connectivity index (χ3n) is 3.36. The lowest BCUT2D eigenvalue weighted by Crippen LogP contribution is -2.40. The van der Waals surface area contributed by atoms with Crippen LogP contribution in [0.2, 0.25) is 0 Å². The van der Waals surface area contributed by atoms with Crippen LogP contribution >= 0.6 is 0 Å². The summed E-state index contributed by atoms with van der Waals surface area (Å²) >= 11 is 0. The Labute approximate surface area is 130 Å². The molecule has 1 saturated heterocycles. The lowest BCUT2D eigenvalue weighted by atomic mass is 10.2. The second-order valence-corrected chi connectivity index (χ2v) is 6.91. The summed E-state index contributed by atoms with van der Waals surface area (Å²) in [5.41, 5.74) is 0.852. The Balaban J connectivity index is 2.00. The van der Waals surface area contributed by atoms with E-state index < -0.39 is 10.0 Å². The molecule has 8 heteroatoms. The number of likely N-dealkylation sites (N-methyl/N-ethyl adjacent to an activating group) is 1. The fourth-order valence-corrected chi connectivity index (χ4v) is 3.55. The highest BCUT2D eigenvalue weighted by Gasteiger charge is 2.25. The van der Waals surface area contributed by atoms with Crippen LogP contribution in [-0.2, 0) is 26.1 Å². The van der Waals surface area contributed by atoms with Crippen LogP contribution in [0.3, 0.4) is 0 Å². The van der Waals surface area contributed by atoms with Gasteiger partial charge in [0.05, 0.1) is 24.7 Å². The summed E-state index contributed by atoms with van der Waals surface area (Å²) in [5.74, 6) is -0.104. The van der Waals surface area contributed by atoms with Crippen molar-refractivity contribution in [3.63, 3.8) is 0 Å². The highest BCUT2D eigenvalue weighted by molar-refractivity contribution is 7.89. The lowest BCUT2D eigenvalue weighted by Gasteiger charge is -2.26. The molecule has 1 aromatic carbocycles. The van der Waals surface area contributed by atoms with Crippen LogP contribution in [0.5, 0.6) is 0 Å². The summed E-state index contributed by atoms with van der Waals surface area (Å²) in [6.45, 7) is 2.24. The van der Waals surface area contributed by atoms with E-state index in [9.17, 15) is 13.2 Å². The SMILES string of the molecule is CNCC(=O)NCc1ccc(S(=O)(=O)N2CCOCC2)cc1. The van der Waals surface area contributed by atoms with Crippen molar-refractivity contribution in [3.8, 4) is 0 Å². The molecular formula is C14H21N3O4S. The Bertz CT molecular complexity index is 595. The zero-order valence-electron chi connectivity index (χ0n) is 12.5. The molecule has 0 unspecified atom stereocenters. The van der Waals surface area contributed by atoms with E-state index in [0.29, 0.717) is 32.8 Å². The van der Waals surface area contributed by atoms with Crippen molar-refractivity contribution >= 4 is 15.9 Å². The number of amides is 1. The number of morpholine rings is 1. The standard InChI is InChI=1S/C14H21N3O4S/c1-15-11-14(18)16-10-12-2-4-13(5-3-12)22(19,20)17-6-8-21-9-7-17/h2-5,15H,6-11H2,1H3,(H,16,18). The van der Waals surface area contributed by atoms with Crippen LogP contribution in [0.25, 0.3) is 0 Å². The van der Waals surface area contributed by atoms with E-state index in [1.807, 2.05) is 0 Å². The zero-order valence-corrected chi connectivity index (χ0v) is 13.4. The van der Waals surface area contributed by atoms with Crippen molar-refractivity contribution in [2.75, 3.05) is 39.9 Å². The number of rotatable bonds is 6. The van der Waals surface area contributed by atoms with Gasteiger partial charge in [0.15, 0.2) is 0 Å². The molecule has 1 fully saturated rings. The van der Waals surface area contributed by atoms with Gasteiger partial charge in [0.1, 0.15) is 0 Å². The van der Waals surface area contributed by atoms with E-state index in [1.54, 1.807) is 31.3 Å². The van der Waals surface area contributed by atoms with E-state index in [4.69, 9.17) is 4.74 Å². The highest BCUT2D eigenvalue weighted by Crippen LogP contribution is 2.17. The summed E-state index contributed by atoms with van der Waals surface area (Å²) < 4.78 is 31.5. The van der Waals surface area contributed by atoms with Gasteiger partial charge < -0.3 is 15.4 Å². The smallest absolute Gasteiger partial charge is 0.243 e. The third kappa shape index (κ3) is 4.26. The molecule has 0 aliphatic carbocycles. The number of carbonyl (C=O) groups is 1. The minimum atomic E-state index is -3.46. The topological polar surface area (TPSA) is 87.7 Å². The molecule has 1 amide bonds. The van der Waals surface area contributed by atoms with Crippen LogP contribution in [0.4, 0.5) is 0 Å². The molecule has 0 bridgehead atoms. The number of ether oxygens (including phenoxy) is 1. The molecule has 2 rings (SSSR count). The van der Waals surface area contributed by atoms with Gasteiger partial charge in [0, 0.05) is 19.6 Å². The molecule has 1 aliphatic rings. The minimum Gasteiger partial charge on any atom is -0.379 e. The summed E-state index contributed by atoms with van der Waals surface area (Å²) in [4.78, 5) is 11.6. The van der Waals surface area contributed by atoms with Crippen LogP contribution < -0.4 is 10.6 Å². The van der Waals surface area contributed by atoms with E-state index in [0.717, 1.165) is 5.56 Å². The summed E-state index contributed by atoms with van der Waals surface area (Å²) in [6, 6.07) is 6.58. The maximum absolute atomic E-state index is 12.4. The molecule has 0 spiro atoms. The molecule has 7 nitrogen and oxygen atoms in total. The molecule has 122 valence electrons. The highest BCUT2D eigenvalue weighted by atomic mass is 32.2. The van der Waals surface area contributed by atoms with Crippen molar-refractivity contribution in [2.45, 2.75) is 11.4 Å². The van der Waals surface area contributed by atoms with Gasteiger partial charge >= 0.3 is 0 Å². The predicted octanol–water partition coefficient (Wildman–Crippen LogP) is -0.457. The van der Waals surface area contributed by atoms with Crippen molar-refractivity contribution in [3.05, 3.63) is 29.8 Å². The third-order valence-corrected chi connectivity index (χ3v) is 5.27. The number of hydrogen-bond acceptors (Lipinski definition) is 5. The van der Waals surface area contributed by atoms with Gasteiger partial charge in [-0.2, -0.15) is 4.31 Å². The molecule has 22 heavy (non-hydrogen) atoms. The first-order chi connectivity index (χ1) is 10.5. The first-order valence-corrected chi connectivity index (χ1v) is 8.56. The molecular weight excluding hydrogens is 306 g/mol. The quantitative estimate of drug-likeness (QED) is 0.738. The number of benzene rings is 1. The maximum atomic E-state index is 12.4.